The Morgan fingerprint density at radius 1 is 1.15 bits per heavy atom. The third-order valence-electron chi connectivity index (χ3n) is 5.90. The number of ether oxygens (including phenoxy) is 1. The normalized spacial score (nSPS) is 15.7. The first kappa shape index (κ1) is 28.0. The lowest BCUT2D eigenvalue weighted by atomic mass is 9.95. The molecule has 5 rings (SSSR count). The van der Waals surface area contributed by atoms with Gasteiger partial charge < -0.3 is 9.15 Å². The van der Waals surface area contributed by atoms with Crippen molar-refractivity contribution in [3.05, 3.63) is 114 Å². The van der Waals surface area contributed by atoms with E-state index >= 15 is 0 Å². The number of aromatic nitrogens is 1. The van der Waals surface area contributed by atoms with E-state index in [-0.39, 0.29) is 21.5 Å². The highest BCUT2D eigenvalue weighted by molar-refractivity contribution is 7.99. The average Bonchev–Trinajstić information content (AvgIpc) is 3.48. The van der Waals surface area contributed by atoms with E-state index in [1.807, 2.05) is 31.2 Å². The molecule has 0 saturated heterocycles. The third-order valence-corrected chi connectivity index (χ3v) is 8.06. The third kappa shape index (κ3) is 5.67. The number of hydrogen-bond acceptors (Lipinski definition) is 7. The minimum absolute atomic E-state index is 0.0885. The summed E-state index contributed by atoms with van der Waals surface area (Å²) >= 11 is 8.16. The Morgan fingerprint density at radius 3 is 2.50 bits per heavy atom. The van der Waals surface area contributed by atoms with E-state index in [1.165, 1.54) is 49.0 Å². The van der Waals surface area contributed by atoms with Gasteiger partial charge in [0.25, 0.3) is 5.56 Å². The van der Waals surface area contributed by atoms with Gasteiger partial charge in [-0.1, -0.05) is 64.5 Å². The molecule has 0 amide bonds. The number of carbonyl (C=O) groups is 1. The van der Waals surface area contributed by atoms with E-state index in [0.29, 0.717) is 15.9 Å². The Morgan fingerprint density at radius 2 is 1.85 bits per heavy atom. The van der Waals surface area contributed by atoms with E-state index in [4.69, 9.17) is 20.8 Å². The number of thiazole rings is 1. The highest BCUT2D eigenvalue weighted by Crippen LogP contribution is 2.38. The first-order valence-corrected chi connectivity index (χ1v) is 14.0. The molecular formula is C28H20ClF3N2O4S2. The second-order valence-electron chi connectivity index (χ2n) is 8.69. The van der Waals surface area contributed by atoms with Crippen molar-refractivity contribution in [2.24, 2.45) is 4.99 Å². The van der Waals surface area contributed by atoms with Crippen LogP contribution in [-0.4, -0.2) is 23.3 Å². The van der Waals surface area contributed by atoms with E-state index in [1.54, 1.807) is 12.1 Å². The lowest BCUT2D eigenvalue weighted by Crippen LogP contribution is -2.41. The summed E-state index contributed by atoms with van der Waals surface area (Å²) in [5, 5.41) is 0.914. The van der Waals surface area contributed by atoms with E-state index < -0.39 is 35.0 Å². The average molecular weight is 605 g/mol. The van der Waals surface area contributed by atoms with Gasteiger partial charge in [-0.3, -0.25) is 9.36 Å². The van der Waals surface area contributed by atoms with Gasteiger partial charge in [0.1, 0.15) is 5.76 Å². The largest absolute Gasteiger partial charge is 0.463 e. The molecule has 0 spiro atoms. The smallest absolute Gasteiger partial charge is 0.434 e. The molecule has 4 aromatic rings. The van der Waals surface area contributed by atoms with Crippen LogP contribution < -0.4 is 14.9 Å². The van der Waals surface area contributed by atoms with Crippen LogP contribution in [0, 0.1) is 6.92 Å². The number of benzene rings is 2. The van der Waals surface area contributed by atoms with Gasteiger partial charge in [0.05, 0.1) is 22.8 Å². The fourth-order valence-corrected chi connectivity index (χ4v) is 6.00. The molecule has 0 saturated carbocycles. The van der Waals surface area contributed by atoms with Crippen LogP contribution in [0.1, 0.15) is 29.9 Å². The number of rotatable bonds is 6. The number of halogens is 4. The molecule has 0 bridgehead atoms. The van der Waals surface area contributed by atoms with E-state index in [9.17, 15) is 22.8 Å². The SMILES string of the molecule is CCOC(=O)C1=C(C(F)(F)F)N=c2s/c(=C\c3ccc(Sc4ccc(C)cc4)o3)c(=O)n2[C@H]1c1ccc(Cl)cc1. The predicted molar refractivity (Wildman–Crippen MR) is 146 cm³/mol. The highest BCUT2D eigenvalue weighted by Gasteiger charge is 2.45. The second kappa shape index (κ2) is 11.1. The van der Waals surface area contributed by atoms with Crippen LogP contribution in [0.15, 0.2) is 96.1 Å². The maximum atomic E-state index is 14.2. The van der Waals surface area contributed by atoms with Crippen molar-refractivity contribution in [2.75, 3.05) is 6.61 Å². The maximum Gasteiger partial charge on any atom is 0.434 e. The number of fused-ring (bicyclic) bond motifs is 1. The molecule has 3 heterocycles. The molecular weight excluding hydrogens is 585 g/mol. The Bertz CT molecular complexity index is 1790. The van der Waals surface area contributed by atoms with Crippen molar-refractivity contribution in [3.8, 4) is 0 Å². The molecule has 1 aliphatic rings. The minimum Gasteiger partial charge on any atom is -0.463 e. The summed E-state index contributed by atoms with van der Waals surface area (Å²) in [4.78, 5) is 31.0. The molecule has 1 atom stereocenters. The standard InChI is InChI=1S/C28H20ClF3N2O4S2/c1-3-37-26(36)22-23(16-6-8-17(29)9-7-16)34-25(35)20(40-27(34)33-24(22)28(30,31)32)14-18-10-13-21(38-18)39-19-11-4-15(2)5-12-19/h4-14,23H,3H2,1-2H3/b20-14-/t23-/m0/s1. The first-order valence-electron chi connectivity index (χ1n) is 11.9. The Labute approximate surface area is 239 Å². The number of allylic oxidation sites excluding steroid dienone is 1. The molecule has 40 heavy (non-hydrogen) atoms. The van der Waals surface area contributed by atoms with Crippen LogP contribution >= 0.6 is 34.7 Å². The van der Waals surface area contributed by atoms with Crippen molar-refractivity contribution in [1.82, 2.24) is 4.57 Å². The lowest BCUT2D eigenvalue weighted by molar-refractivity contribution is -0.140. The fraction of sp³-hybridized carbons (Fsp3) is 0.179. The van der Waals surface area contributed by atoms with Gasteiger partial charge in [-0.05, 0) is 55.8 Å². The number of alkyl halides is 3. The van der Waals surface area contributed by atoms with Gasteiger partial charge in [-0.25, -0.2) is 9.79 Å². The second-order valence-corrected chi connectivity index (χ2v) is 11.2. The Hall–Kier alpha value is -3.54. The number of carbonyl (C=O) groups excluding carboxylic acids is 1. The van der Waals surface area contributed by atoms with Crippen LogP contribution in [0.4, 0.5) is 13.2 Å². The zero-order chi connectivity index (χ0) is 28.6. The zero-order valence-electron chi connectivity index (χ0n) is 21.0. The molecule has 0 fully saturated rings. The van der Waals surface area contributed by atoms with Crippen molar-refractivity contribution in [1.29, 1.82) is 0 Å². The van der Waals surface area contributed by atoms with Crippen LogP contribution in [0.5, 0.6) is 0 Å². The van der Waals surface area contributed by atoms with Gasteiger partial charge >= 0.3 is 12.1 Å². The van der Waals surface area contributed by atoms with Crippen molar-refractivity contribution >= 4 is 46.7 Å². The summed E-state index contributed by atoms with van der Waals surface area (Å²) in [6.07, 6.45) is -3.53. The number of aryl methyl sites for hydroxylation is 1. The number of nitrogens with zero attached hydrogens (tertiary/aromatic N) is 2. The summed E-state index contributed by atoms with van der Waals surface area (Å²) in [5.41, 5.74) is -1.45. The van der Waals surface area contributed by atoms with Crippen LogP contribution in [0.25, 0.3) is 6.08 Å². The fourth-order valence-electron chi connectivity index (χ4n) is 4.12. The van der Waals surface area contributed by atoms with Gasteiger partial charge in [0.2, 0.25) is 0 Å². The minimum atomic E-state index is -4.98. The number of esters is 1. The highest BCUT2D eigenvalue weighted by atomic mass is 35.5. The first-order chi connectivity index (χ1) is 19.0. The molecule has 0 N–H and O–H groups in total. The summed E-state index contributed by atoms with van der Waals surface area (Å²) < 4.78 is 54.6. The maximum absolute atomic E-state index is 14.2. The quantitative estimate of drug-likeness (QED) is 0.251. The molecule has 0 unspecified atom stereocenters. The molecule has 2 aromatic heterocycles. The van der Waals surface area contributed by atoms with Gasteiger partial charge in [-0.2, -0.15) is 13.2 Å². The van der Waals surface area contributed by atoms with E-state index in [2.05, 4.69) is 4.99 Å². The van der Waals surface area contributed by atoms with Crippen molar-refractivity contribution in [2.45, 2.75) is 36.1 Å². The van der Waals surface area contributed by atoms with Crippen LogP contribution in [0.2, 0.25) is 5.02 Å². The molecule has 1 aliphatic heterocycles. The number of hydrogen-bond donors (Lipinski definition) is 0. The van der Waals surface area contributed by atoms with Gasteiger partial charge in [0.15, 0.2) is 15.6 Å². The molecule has 2 aromatic carbocycles. The Balaban J connectivity index is 1.64. The zero-order valence-corrected chi connectivity index (χ0v) is 23.4. The monoisotopic (exact) mass is 604 g/mol. The topological polar surface area (TPSA) is 73.8 Å². The summed E-state index contributed by atoms with van der Waals surface area (Å²) in [5.74, 6) is -0.875. The summed E-state index contributed by atoms with van der Waals surface area (Å²) in [7, 11) is 0. The van der Waals surface area contributed by atoms with Crippen molar-refractivity contribution < 1.29 is 27.1 Å². The predicted octanol–water partition coefficient (Wildman–Crippen LogP) is 6.05. The molecule has 0 aliphatic carbocycles. The molecule has 206 valence electrons. The Kier molecular flexibility index (Phi) is 7.80. The number of furan rings is 1. The lowest BCUT2D eigenvalue weighted by Gasteiger charge is -2.26. The van der Waals surface area contributed by atoms with E-state index in [0.717, 1.165) is 26.4 Å². The summed E-state index contributed by atoms with van der Waals surface area (Å²) in [6, 6.07) is 15.7. The molecule has 6 nitrogen and oxygen atoms in total. The summed E-state index contributed by atoms with van der Waals surface area (Å²) in [6.45, 7) is 3.31. The molecule has 0 radical (unpaired) electrons. The van der Waals surface area contributed by atoms with Crippen molar-refractivity contribution in [3.63, 3.8) is 0 Å². The van der Waals surface area contributed by atoms with Gasteiger partial charge in [-0.15, -0.1) is 0 Å². The van der Waals surface area contributed by atoms with Gasteiger partial charge in [0, 0.05) is 16.0 Å². The van der Waals surface area contributed by atoms with Crippen LogP contribution in [-0.2, 0) is 9.53 Å². The molecule has 12 heteroatoms. The van der Waals surface area contributed by atoms with Crippen LogP contribution in [0.3, 0.4) is 0 Å².